The molecule has 1 fully saturated rings. The zero-order valence-corrected chi connectivity index (χ0v) is 11.2. The number of aliphatic hydroxyl groups excluding tert-OH is 1. The maximum Gasteiger partial charge on any atom is 0.255 e. The number of para-hydroxylation sites is 1. The highest BCUT2D eigenvalue weighted by molar-refractivity contribution is 5.97. The fourth-order valence-electron chi connectivity index (χ4n) is 2.61. The van der Waals surface area contributed by atoms with Gasteiger partial charge in [0, 0.05) is 0 Å². The first-order valence-corrected chi connectivity index (χ1v) is 6.78. The Hall–Kier alpha value is -1.55. The molecule has 104 valence electrons. The van der Waals surface area contributed by atoms with Gasteiger partial charge in [-0.1, -0.05) is 19.1 Å². The van der Waals surface area contributed by atoms with E-state index in [1.807, 2.05) is 0 Å². The third-order valence-corrected chi connectivity index (χ3v) is 4.06. The molecule has 4 heteroatoms. The second-order valence-corrected chi connectivity index (χ2v) is 5.59. The molecule has 1 aromatic rings. The number of nitrogens with one attached hydrogen (secondary N) is 1. The zero-order valence-electron chi connectivity index (χ0n) is 11.2. The Bertz CT molecular complexity index is 450. The van der Waals surface area contributed by atoms with E-state index in [0.29, 0.717) is 5.92 Å². The first-order valence-electron chi connectivity index (χ1n) is 6.78. The van der Waals surface area contributed by atoms with Gasteiger partial charge in [-0.05, 0) is 43.7 Å². The lowest BCUT2D eigenvalue weighted by Gasteiger charge is -2.38. The minimum absolute atomic E-state index is 0.0303. The van der Waals surface area contributed by atoms with E-state index >= 15 is 0 Å². The Kier molecular flexibility index (Phi) is 4.10. The molecule has 0 radical (unpaired) electrons. The SMILES string of the molecule is CC1CCC(CO)(NC(=O)c2ccccc2O)CC1. The van der Waals surface area contributed by atoms with Crippen LogP contribution in [0.25, 0.3) is 0 Å². The molecule has 0 spiro atoms. The summed E-state index contributed by atoms with van der Waals surface area (Å²) >= 11 is 0. The molecule has 0 heterocycles. The number of aliphatic hydroxyl groups is 1. The van der Waals surface area contributed by atoms with Crippen molar-refractivity contribution in [3.05, 3.63) is 29.8 Å². The molecular weight excluding hydrogens is 242 g/mol. The highest BCUT2D eigenvalue weighted by Gasteiger charge is 2.35. The number of benzene rings is 1. The quantitative estimate of drug-likeness (QED) is 0.782. The van der Waals surface area contributed by atoms with Gasteiger partial charge in [0.1, 0.15) is 5.75 Å². The predicted octanol–water partition coefficient (Wildman–Crippen LogP) is 2.06. The topological polar surface area (TPSA) is 69.6 Å². The molecule has 0 atom stereocenters. The number of amides is 1. The van der Waals surface area contributed by atoms with E-state index in [1.165, 1.54) is 6.07 Å². The van der Waals surface area contributed by atoms with Crippen molar-refractivity contribution in [1.29, 1.82) is 0 Å². The molecule has 0 saturated heterocycles. The average Bonchev–Trinajstić information content (AvgIpc) is 2.42. The Balaban J connectivity index is 2.11. The number of carbonyl (C=O) groups excluding carboxylic acids is 1. The molecule has 3 N–H and O–H groups in total. The van der Waals surface area contributed by atoms with Crippen LogP contribution in [0.5, 0.6) is 5.75 Å². The third-order valence-electron chi connectivity index (χ3n) is 4.06. The van der Waals surface area contributed by atoms with Gasteiger partial charge in [-0.3, -0.25) is 4.79 Å². The summed E-state index contributed by atoms with van der Waals surface area (Å²) in [7, 11) is 0. The monoisotopic (exact) mass is 263 g/mol. The molecule has 1 amide bonds. The van der Waals surface area contributed by atoms with E-state index in [-0.39, 0.29) is 23.8 Å². The van der Waals surface area contributed by atoms with Gasteiger partial charge in [0.2, 0.25) is 0 Å². The van der Waals surface area contributed by atoms with E-state index < -0.39 is 5.54 Å². The fraction of sp³-hybridized carbons (Fsp3) is 0.533. The van der Waals surface area contributed by atoms with E-state index in [9.17, 15) is 15.0 Å². The lowest BCUT2D eigenvalue weighted by Crippen LogP contribution is -2.53. The molecular formula is C15H21NO3. The van der Waals surface area contributed by atoms with Crippen LogP contribution < -0.4 is 5.32 Å². The van der Waals surface area contributed by atoms with Crippen LogP contribution in [0.15, 0.2) is 24.3 Å². The summed E-state index contributed by atoms with van der Waals surface area (Å²) in [5, 5.41) is 22.2. The summed E-state index contributed by atoms with van der Waals surface area (Å²) in [6, 6.07) is 6.46. The summed E-state index contributed by atoms with van der Waals surface area (Å²) in [6.45, 7) is 2.13. The Labute approximate surface area is 113 Å². The van der Waals surface area contributed by atoms with Crippen LogP contribution in [-0.2, 0) is 0 Å². The van der Waals surface area contributed by atoms with E-state index in [4.69, 9.17) is 0 Å². The highest BCUT2D eigenvalue weighted by Crippen LogP contribution is 2.32. The normalized spacial score (nSPS) is 26.9. The van der Waals surface area contributed by atoms with Gasteiger partial charge in [-0.15, -0.1) is 0 Å². The van der Waals surface area contributed by atoms with E-state index in [2.05, 4.69) is 12.2 Å². The van der Waals surface area contributed by atoms with Crippen molar-refractivity contribution in [2.45, 2.75) is 38.1 Å². The van der Waals surface area contributed by atoms with E-state index in [0.717, 1.165) is 25.7 Å². The summed E-state index contributed by atoms with van der Waals surface area (Å²) in [6.07, 6.45) is 3.57. The second-order valence-electron chi connectivity index (χ2n) is 5.59. The molecule has 1 aromatic carbocycles. The minimum Gasteiger partial charge on any atom is -0.507 e. The predicted molar refractivity (Wildman–Crippen MR) is 73.0 cm³/mol. The molecule has 0 aliphatic heterocycles. The number of hydrogen-bond acceptors (Lipinski definition) is 3. The molecule has 1 saturated carbocycles. The number of rotatable bonds is 3. The van der Waals surface area contributed by atoms with Crippen molar-refractivity contribution in [3.63, 3.8) is 0 Å². The molecule has 0 unspecified atom stereocenters. The lowest BCUT2D eigenvalue weighted by atomic mass is 9.77. The molecule has 19 heavy (non-hydrogen) atoms. The number of phenolic OH excluding ortho intramolecular Hbond substituents is 1. The van der Waals surface area contributed by atoms with Crippen molar-refractivity contribution in [1.82, 2.24) is 5.32 Å². The van der Waals surface area contributed by atoms with Crippen molar-refractivity contribution in [3.8, 4) is 5.75 Å². The Morgan fingerprint density at radius 3 is 2.58 bits per heavy atom. The first kappa shape index (κ1) is 13.9. The van der Waals surface area contributed by atoms with Crippen molar-refractivity contribution >= 4 is 5.91 Å². The van der Waals surface area contributed by atoms with Gasteiger partial charge in [0.25, 0.3) is 5.91 Å². The van der Waals surface area contributed by atoms with Crippen molar-refractivity contribution < 1.29 is 15.0 Å². The van der Waals surface area contributed by atoms with E-state index in [1.54, 1.807) is 18.2 Å². The van der Waals surface area contributed by atoms with Crippen LogP contribution in [-0.4, -0.2) is 28.3 Å². The smallest absolute Gasteiger partial charge is 0.255 e. The number of carbonyl (C=O) groups is 1. The summed E-state index contributed by atoms with van der Waals surface area (Å²) in [5.74, 6) is 0.292. The van der Waals surface area contributed by atoms with Crippen LogP contribution in [0, 0.1) is 5.92 Å². The Morgan fingerprint density at radius 1 is 1.37 bits per heavy atom. The molecule has 0 aromatic heterocycles. The molecule has 2 rings (SSSR count). The summed E-state index contributed by atoms with van der Waals surface area (Å²) < 4.78 is 0. The van der Waals surface area contributed by atoms with Crippen LogP contribution in [0.4, 0.5) is 0 Å². The second kappa shape index (κ2) is 5.61. The van der Waals surface area contributed by atoms with Gasteiger partial charge in [-0.25, -0.2) is 0 Å². The van der Waals surface area contributed by atoms with Crippen molar-refractivity contribution in [2.75, 3.05) is 6.61 Å². The number of aromatic hydroxyl groups is 1. The van der Waals surface area contributed by atoms with Gasteiger partial charge in [-0.2, -0.15) is 0 Å². The van der Waals surface area contributed by atoms with Gasteiger partial charge < -0.3 is 15.5 Å². The van der Waals surface area contributed by atoms with Crippen LogP contribution in [0.3, 0.4) is 0 Å². The maximum atomic E-state index is 12.2. The van der Waals surface area contributed by atoms with Crippen LogP contribution in [0.1, 0.15) is 43.0 Å². The zero-order chi connectivity index (χ0) is 13.9. The molecule has 1 aliphatic carbocycles. The first-order chi connectivity index (χ1) is 9.06. The number of hydrogen-bond donors (Lipinski definition) is 3. The summed E-state index contributed by atoms with van der Waals surface area (Å²) in [5.41, 5.74) is -0.278. The van der Waals surface area contributed by atoms with Crippen LogP contribution >= 0.6 is 0 Å². The largest absolute Gasteiger partial charge is 0.507 e. The summed E-state index contributed by atoms with van der Waals surface area (Å²) in [4.78, 5) is 12.2. The lowest BCUT2D eigenvalue weighted by molar-refractivity contribution is 0.0715. The standard InChI is InChI=1S/C15H21NO3/c1-11-6-8-15(10-17,9-7-11)16-14(19)12-4-2-3-5-13(12)18/h2-5,11,17-18H,6-10H2,1H3,(H,16,19). The van der Waals surface area contributed by atoms with Gasteiger partial charge in [0.05, 0.1) is 17.7 Å². The van der Waals surface area contributed by atoms with Gasteiger partial charge in [0.15, 0.2) is 0 Å². The minimum atomic E-state index is -0.536. The highest BCUT2D eigenvalue weighted by atomic mass is 16.3. The average molecular weight is 263 g/mol. The Morgan fingerprint density at radius 2 is 2.00 bits per heavy atom. The van der Waals surface area contributed by atoms with Crippen LogP contribution in [0.2, 0.25) is 0 Å². The van der Waals surface area contributed by atoms with Crippen molar-refractivity contribution in [2.24, 2.45) is 5.92 Å². The fourth-order valence-corrected chi connectivity index (χ4v) is 2.61. The number of phenols is 1. The third kappa shape index (κ3) is 3.07. The molecule has 1 aliphatic rings. The molecule has 4 nitrogen and oxygen atoms in total. The van der Waals surface area contributed by atoms with Gasteiger partial charge >= 0.3 is 0 Å². The molecule has 0 bridgehead atoms. The maximum absolute atomic E-state index is 12.2.